The van der Waals surface area contributed by atoms with Gasteiger partial charge in [-0.25, -0.2) is 4.79 Å². The molecule has 5 rings (SSSR count). The van der Waals surface area contributed by atoms with Gasteiger partial charge in [-0.3, -0.25) is 0 Å². The molecule has 4 saturated carbocycles. The first-order chi connectivity index (χ1) is 11.1. The molecule has 2 amide bonds. The number of carbonyl (C=O) groups is 1. The zero-order valence-electron chi connectivity index (χ0n) is 13.3. The first kappa shape index (κ1) is 15.1. The number of nitrogens with one attached hydrogen (secondary N) is 2. The second-order valence-corrected chi connectivity index (χ2v) is 7.81. The zero-order chi connectivity index (χ0) is 16.0. The molecule has 2 N–H and O–H groups in total. The predicted molar refractivity (Wildman–Crippen MR) is 91.0 cm³/mol. The summed E-state index contributed by atoms with van der Waals surface area (Å²) in [4.78, 5) is 12.4. The third-order valence-corrected chi connectivity index (χ3v) is 6.23. The van der Waals surface area contributed by atoms with Gasteiger partial charge in [0.15, 0.2) is 0 Å². The molecule has 4 bridgehead atoms. The third kappa shape index (κ3) is 2.89. The first-order valence-electron chi connectivity index (χ1n) is 8.53. The van der Waals surface area contributed by atoms with Crippen molar-refractivity contribution in [1.29, 1.82) is 0 Å². The maximum Gasteiger partial charge on any atom is 0.319 e. The molecule has 0 atom stereocenters. The Morgan fingerprint density at radius 2 is 1.78 bits per heavy atom. The maximum atomic E-state index is 12.4. The van der Waals surface area contributed by atoms with Gasteiger partial charge in [0.25, 0.3) is 0 Å². The number of hydrogen-bond donors (Lipinski definition) is 2. The smallest absolute Gasteiger partial charge is 0.319 e. The molecule has 4 fully saturated rings. The summed E-state index contributed by atoms with van der Waals surface area (Å²) < 4.78 is 5.13. The Morgan fingerprint density at radius 3 is 2.35 bits per heavy atom. The van der Waals surface area contributed by atoms with Crippen molar-refractivity contribution in [3.05, 3.63) is 23.2 Å². The second-order valence-electron chi connectivity index (χ2n) is 7.40. The fourth-order valence-corrected chi connectivity index (χ4v) is 5.48. The highest BCUT2D eigenvalue weighted by Crippen LogP contribution is 2.53. The fraction of sp³-hybridized carbons (Fsp3) is 0.611. The van der Waals surface area contributed by atoms with Gasteiger partial charge in [0.05, 0.1) is 12.1 Å². The number of amides is 2. The van der Waals surface area contributed by atoms with Crippen LogP contribution in [0.2, 0.25) is 5.02 Å². The number of ether oxygens (including phenoxy) is 1. The summed E-state index contributed by atoms with van der Waals surface area (Å²) in [5, 5.41) is 6.64. The lowest BCUT2D eigenvalue weighted by Gasteiger charge is -2.54. The molecule has 0 spiro atoms. The minimum absolute atomic E-state index is 0.122. The van der Waals surface area contributed by atoms with E-state index in [1.165, 1.54) is 32.1 Å². The van der Waals surface area contributed by atoms with Gasteiger partial charge in [-0.05, 0) is 74.0 Å². The monoisotopic (exact) mass is 334 g/mol. The molecule has 0 radical (unpaired) electrons. The third-order valence-electron chi connectivity index (χ3n) is 5.93. The van der Waals surface area contributed by atoms with Crippen molar-refractivity contribution in [2.45, 2.75) is 38.1 Å². The van der Waals surface area contributed by atoms with Crippen LogP contribution in [0.25, 0.3) is 0 Å². The highest BCUT2D eigenvalue weighted by molar-refractivity contribution is 6.32. The minimum Gasteiger partial charge on any atom is -0.495 e. The molecule has 23 heavy (non-hydrogen) atoms. The average Bonchev–Trinajstić information content (AvgIpc) is 2.50. The Hall–Kier alpha value is -1.42. The van der Waals surface area contributed by atoms with E-state index in [2.05, 4.69) is 10.6 Å². The van der Waals surface area contributed by atoms with Crippen LogP contribution >= 0.6 is 11.6 Å². The molecule has 4 aliphatic carbocycles. The van der Waals surface area contributed by atoms with Crippen LogP contribution < -0.4 is 15.4 Å². The summed E-state index contributed by atoms with van der Waals surface area (Å²) in [6.45, 7) is 0. The molecule has 0 heterocycles. The number of anilines is 1. The van der Waals surface area contributed by atoms with Crippen LogP contribution in [0.5, 0.6) is 5.75 Å². The summed E-state index contributed by atoms with van der Waals surface area (Å²) in [5.41, 5.74) is 0.692. The van der Waals surface area contributed by atoms with Crippen LogP contribution in [0, 0.1) is 23.7 Å². The highest BCUT2D eigenvalue weighted by Gasteiger charge is 2.48. The van der Waals surface area contributed by atoms with Gasteiger partial charge in [0.1, 0.15) is 5.75 Å². The molecule has 4 aliphatic rings. The Kier molecular flexibility index (Phi) is 3.88. The number of halogens is 1. The number of carbonyl (C=O) groups excluding carboxylic acids is 1. The van der Waals surface area contributed by atoms with Crippen LogP contribution in [0.4, 0.5) is 10.5 Å². The number of methoxy groups -OCH3 is 1. The van der Waals surface area contributed by atoms with Crippen LogP contribution in [-0.4, -0.2) is 19.2 Å². The van der Waals surface area contributed by atoms with E-state index in [1.807, 2.05) is 0 Å². The molecule has 1 aromatic rings. The molecule has 0 saturated heterocycles. The molecule has 0 aromatic heterocycles. The molecule has 0 unspecified atom stereocenters. The summed E-state index contributed by atoms with van der Waals surface area (Å²) in [6, 6.07) is 5.51. The van der Waals surface area contributed by atoms with Gasteiger partial charge in [-0.1, -0.05) is 11.6 Å². The van der Waals surface area contributed by atoms with E-state index in [9.17, 15) is 4.79 Å². The quantitative estimate of drug-likeness (QED) is 0.866. The normalized spacial score (nSPS) is 34.3. The Morgan fingerprint density at radius 1 is 1.13 bits per heavy atom. The van der Waals surface area contributed by atoms with Gasteiger partial charge >= 0.3 is 6.03 Å². The molecule has 124 valence electrons. The standard InChI is InChI=1S/C18H23ClN2O2/c1-23-16-3-2-14(9-15(16)19)20-18(22)21-17-12-5-10-4-11(7-12)8-13(17)6-10/h2-3,9-13,17H,4-8H2,1H3,(H2,20,21,22). The van der Waals surface area contributed by atoms with Crippen LogP contribution in [0.15, 0.2) is 18.2 Å². The van der Waals surface area contributed by atoms with Crippen molar-refractivity contribution < 1.29 is 9.53 Å². The van der Waals surface area contributed by atoms with E-state index in [4.69, 9.17) is 16.3 Å². The second kappa shape index (κ2) is 5.90. The number of hydrogen-bond acceptors (Lipinski definition) is 2. The lowest BCUT2D eigenvalue weighted by atomic mass is 9.54. The highest BCUT2D eigenvalue weighted by atomic mass is 35.5. The summed E-state index contributed by atoms with van der Waals surface area (Å²) in [7, 11) is 1.58. The summed E-state index contributed by atoms with van der Waals surface area (Å²) in [5.74, 6) is 3.80. The minimum atomic E-state index is -0.122. The van der Waals surface area contributed by atoms with Crippen molar-refractivity contribution in [3.63, 3.8) is 0 Å². The average molecular weight is 335 g/mol. The first-order valence-corrected chi connectivity index (χ1v) is 8.91. The topological polar surface area (TPSA) is 50.4 Å². The van der Waals surface area contributed by atoms with Crippen LogP contribution in [0.1, 0.15) is 32.1 Å². The largest absolute Gasteiger partial charge is 0.495 e. The fourth-order valence-electron chi connectivity index (χ4n) is 5.22. The van der Waals surface area contributed by atoms with E-state index >= 15 is 0 Å². The molecule has 5 heteroatoms. The molecule has 1 aromatic carbocycles. The predicted octanol–water partition coefficient (Wildman–Crippen LogP) is 4.29. The van der Waals surface area contributed by atoms with E-state index in [0.717, 1.165) is 11.8 Å². The van der Waals surface area contributed by atoms with Crippen molar-refractivity contribution in [2.24, 2.45) is 23.7 Å². The lowest BCUT2D eigenvalue weighted by Crippen LogP contribution is -2.56. The van der Waals surface area contributed by atoms with Gasteiger partial charge in [0, 0.05) is 11.7 Å². The van der Waals surface area contributed by atoms with Crippen LogP contribution in [0.3, 0.4) is 0 Å². The number of urea groups is 1. The van der Waals surface area contributed by atoms with E-state index < -0.39 is 0 Å². The van der Waals surface area contributed by atoms with Crippen LogP contribution in [-0.2, 0) is 0 Å². The zero-order valence-corrected chi connectivity index (χ0v) is 14.1. The van der Waals surface area contributed by atoms with Gasteiger partial charge in [-0.2, -0.15) is 0 Å². The Labute approximate surface area is 141 Å². The van der Waals surface area contributed by atoms with Gasteiger partial charge < -0.3 is 15.4 Å². The lowest BCUT2D eigenvalue weighted by molar-refractivity contribution is -0.00883. The molecule has 4 nitrogen and oxygen atoms in total. The maximum absolute atomic E-state index is 12.4. The van der Waals surface area contributed by atoms with Gasteiger partial charge in [-0.15, -0.1) is 0 Å². The SMILES string of the molecule is COc1ccc(NC(=O)NC2C3CC4CC(C3)CC2C4)cc1Cl. The Bertz CT molecular complexity index is 591. The van der Waals surface area contributed by atoms with Crippen molar-refractivity contribution >= 4 is 23.3 Å². The molecular weight excluding hydrogens is 312 g/mol. The molecular formula is C18H23ClN2O2. The van der Waals surface area contributed by atoms with Crippen molar-refractivity contribution in [2.75, 3.05) is 12.4 Å². The summed E-state index contributed by atoms with van der Waals surface area (Å²) in [6.07, 6.45) is 6.62. The number of benzene rings is 1. The van der Waals surface area contributed by atoms with Gasteiger partial charge in [0.2, 0.25) is 0 Å². The Balaban J connectivity index is 1.39. The van der Waals surface area contributed by atoms with Crippen molar-refractivity contribution in [3.8, 4) is 5.75 Å². The van der Waals surface area contributed by atoms with Crippen molar-refractivity contribution in [1.82, 2.24) is 5.32 Å². The van der Waals surface area contributed by atoms with E-state index in [1.54, 1.807) is 25.3 Å². The van der Waals surface area contributed by atoms with E-state index in [-0.39, 0.29) is 6.03 Å². The number of rotatable bonds is 3. The molecule has 0 aliphatic heterocycles. The summed E-state index contributed by atoms with van der Waals surface area (Å²) >= 11 is 6.11. The van der Waals surface area contributed by atoms with E-state index in [0.29, 0.717) is 34.3 Å².